The standard InChI is InChI=1S/C15H22FN3O/c1-3-19(9-11-4-5-11)10(2)15(20)18-12-6-7-13(16)14(17)8-12/h6-8,10-11H,3-5,9,17H2,1-2H3,(H,18,20). The second kappa shape index (κ2) is 6.22. The number of rotatable bonds is 6. The van der Waals surface area contributed by atoms with Gasteiger partial charge in [-0.3, -0.25) is 9.69 Å². The van der Waals surface area contributed by atoms with E-state index in [-0.39, 0.29) is 17.6 Å². The second-order valence-electron chi connectivity index (χ2n) is 5.43. The van der Waals surface area contributed by atoms with Crippen molar-refractivity contribution in [3.63, 3.8) is 0 Å². The Morgan fingerprint density at radius 1 is 1.55 bits per heavy atom. The molecule has 0 aromatic heterocycles. The van der Waals surface area contributed by atoms with Gasteiger partial charge in [0.2, 0.25) is 5.91 Å². The molecule has 1 unspecified atom stereocenters. The van der Waals surface area contributed by atoms with Gasteiger partial charge in [-0.25, -0.2) is 4.39 Å². The number of amides is 1. The molecule has 0 radical (unpaired) electrons. The summed E-state index contributed by atoms with van der Waals surface area (Å²) < 4.78 is 13.1. The van der Waals surface area contributed by atoms with E-state index in [9.17, 15) is 9.18 Å². The Balaban J connectivity index is 1.96. The topological polar surface area (TPSA) is 58.4 Å². The fourth-order valence-electron chi connectivity index (χ4n) is 2.23. The summed E-state index contributed by atoms with van der Waals surface area (Å²) in [6.07, 6.45) is 2.53. The minimum Gasteiger partial charge on any atom is -0.396 e. The number of hydrogen-bond donors (Lipinski definition) is 2. The number of nitrogens with two attached hydrogens (primary N) is 1. The molecule has 0 heterocycles. The highest BCUT2D eigenvalue weighted by Crippen LogP contribution is 2.30. The third kappa shape index (κ3) is 3.70. The number of carbonyl (C=O) groups excluding carboxylic acids is 1. The van der Waals surface area contributed by atoms with Gasteiger partial charge >= 0.3 is 0 Å². The fraction of sp³-hybridized carbons (Fsp3) is 0.533. The molecule has 1 aliphatic carbocycles. The number of nitrogen functional groups attached to an aromatic ring is 1. The van der Waals surface area contributed by atoms with Crippen molar-refractivity contribution in [1.82, 2.24) is 4.90 Å². The largest absolute Gasteiger partial charge is 0.396 e. The average molecular weight is 279 g/mol. The van der Waals surface area contributed by atoms with E-state index in [4.69, 9.17) is 5.73 Å². The van der Waals surface area contributed by atoms with Crippen LogP contribution < -0.4 is 11.1 Å². The lowest BCUT2D eigenvalue weighted by atomic mass is 10.2. The van der Waals surface area contributed by atoms with Crippen LogP contribution in [-0.4, -0.2) is 29.9 Å². The Labute approximate surface area is 119 Å². The summed E-state index contributed by atoms with van der Waals surface area (Å²) in [5, 5.41) is 2.79. The summed E-state index contributed by atoms with van der Waals surface area (Å²) in [6, 6.07) is 4.02. The predicted molar refractivity (Wildman–Crippen MR) is 78.9 cm³/mol. The SMILES string of the molecule is CCN(CC1CC1)C(C)C(=O)Nc1ccc(F)c(N)c1. The first kappa shape index (κ1) is 14.8. The van der Waals surface area contributed by atoms with Crippen LogP contribution in [0.4, 0.5) is 15.8 Å². The Morgan fingerprint density at radius 2 is 2.25 bits per heavy atom. The zero-order chi connectivity index (χ0) is 14.7. The van der Waals surface area contributed by atoms with Crippen LogP contribution in [0.1, 0.15) is 26.7 Å². The quantitative estimate of drug-likeness (QED) is 0.786. The van der Waals surface area contributed by atoms with Crippen LogP contribution in [-0.2, 0) is 4.79 Å². The molecule has 110 valence electrons. The monoisotopic (exact) mass is 279 g/mol. The minimum absolute atomic E-state index is 0.0424. The number of nitrogens with one attached hydrogen (secondary N) is 1. The fourth-order valence-corrected chi connectivity index (χ4v) is 2.23. The van der Waals surface area contributed by atoms with Crippen molar-refractivity contribution in [2.75, 3.05) is 24.1 Å². The van der Waals surface area contributed by atoms with E-state index in [1.54, 1.807) is 0 Å². The van der Waals surface area contributed by atoms with Gasteiger partial charge in [0, 0.05) is 12.2 Å². The Kier molecular flexibility index (Phi) is 4.60. The van der Waals surface area contributed by atoms with Crippen LogP contribution in [0.3, 0.4) is 0 Å². The molecule has 0 bridgehead atoms. The second-order valence-corrected chi connectivity index (χ2v) is 5.43. The maximum Gasteiger partial charge on any atom is 0.241 e. The lowest BCUT2D eigenvalue weighted by Crippen LogP contribution is -2.43. The third-order valence-electron chi connectivity index (χ3n) is 3.79. The van der Waals surface area contributed by atoms with Crippen LogP contribution in [0.15, 0.2) is 18.2 Å². The molecule has 1 aromatic carbocycles. The molecule has 1 aromatic rings. The average Bonchev–Trinajstić information content (AvgIpc) is 3.23. The van der Waals surface area contributed by atoms with Gasteiger partial charge in [0.1, 0.15) is 5.82 Å². The van der Waals surface area contributed by atoms with E-state index in [1.165, 1.54) is 31.0 Å². The molecule has 5 heteroatoms. The number of benzene rings is 1. The van der Waals surface area contributed by atoms with Gasteiger partial charge in [-0.15, -0.1) is 0 Å². The Hall–Kier alpha value is -1.62. The number of halogens is 1. The number of likely N-dealkylation sites (N-methyl/N-ethyl adjacent to an activating group) is 1. The van der Waals surface area contributed by atoms with Gasteiger partial charge in [-0.2, -0.15) is 0 Å². The lowest BCUT2D eigenvalue weighted by molar-refractivity contribution is -0.120. The van der Waals surface area contributed by atoms with Gasteiger partial charge in [-0.05, 0) is 50.4 Å². The van der Waals surface area contributed by atoms with Gasteiger partial charge in [0.05, 0.1) is 11.7 Å². The van der Waals surface area contributed by atoms with Crippen LogP contribution >= 0.6 is 0 Å². The smallest absolute Gasteiger partial charge is 0.241 e. The molecule has 2 rings (SSSR count). The summed E-state index contributed by atoms with van der Waals surface area (Å²) in [6.45, 7) is 5.77. The van der Waals surface area contributed by atoms with E-state index >= 15 is 0 Å². The van der Waals surface area contributed by atoms with Crippen LogP contribution in [0.2, 0.25) is 0 Å². The van der Waals surface area contributed by atoms with Crippen molar-refractivity contribution in [3.8, 4) is 0 Å². The van der Waals surface area contributed by atoms with E-state index in [2.05, 4.69) is 17.1 Å². The van der Waals surface area contributed by atoms with Crippen LogP contribution in [0.5, 0.6) is 0 Å². The maximum atomic E-state index is 13.1. The first-order valence-corrected chi connectivity index (χ1v) is 7.11. The van der Waals surface area contributed by atoms with Crippen molar-refractivity contribution in [3.05, 3.63) is 24.0 Å². The highest BCUT2D eigenvalue weighted by atomic mass is 19.1. The van der Waals surface area contributed by atoms with E-state index in [1.807, 2.05) is 6.92 Å². The van der Waals surface area contributed by atoms with Crippen molar-refractivity contribution in [2.24, 2.45) is 5.92 Å². The zero-order valence-corrected chi connectivity index (χ0v) is 12.0. The summed E-state index contributed by atoms with van der Waals surface area (Å²) in [7, 11) is 0. The molecule has 0 aliphatic heterocycles. The molecule has 1 fully saturated rings. The highest BCUT2D eigenvalue weighted by molar-refractivity contribution is 5.94. The molecule has 0 saturated heterocycles. The maximum absolute atomic E-state index is 13.1. The van der Waals surface area contributed by atoms with Gasteiger partial charge < -0.3 is 11.1 Å². The highest BCUT2D eigenvalue weighted by Gasteiger charge is 2.28. The first-order valence-electron chi connectivity index (χ1n) is 7.11. The molecule has 4 nitrogen and oxygen atoms in total. The van der Waals surface area contributed by atoms with Crippen molar-refractivity contribution in [1.29, 1.82) is 0 Å². The summed E-state index contributed by atoms with van der Waals surface area (Å²) in [5.74, 6) is 0.185. The van der Waals surface area contributed by atoms with Gasteiger partial charge in [0.15, 0.2) is 0 Å². The van der Waals surface area contributed by atoms with E-state index in [0.717, 1.165) is 19.0 Å². The summed E-state index contributed by atoms with van der Waals surface area (Å²) in [4.78, 5) is 14.4. The Morgan fingerprint density at radius 3 is 2.80 bits per heavy atom. The number of anilines is 2. The molecule has 1 amide bonds. The lowest BCUT2D eigenvalue weighted by Gasteiger charge is -2.26. The summed E-state index contributed by atoms with van der Waals surface area (Å²) >= 11 is 0. The molecule has 1 saturated carbocycles. The third-order valence-corrected chi connectivity index (χ3v) is 3.79. The molecule has 1 aliphatic rings. The summed E-state index contributed by atoms with van der Waals surface area (Å²) in [5.41, 5.74) is 6.07. The first-order chi connectivity index (χ1) is 9.51. The van der Waals surface area contributed by atoms with E-state index < -0.39 is 5.82 Å². The Bertz CT molecular complexity index is 488. The van der Waals surface area contributed by atoms with Crippen molar-refractivity contribution >= 4 is 17.3 Å². The molecular formula is C15H22FN3O. The number of nitrogens with zero attached hydrogens (tertiary/aromatic N) is 1. The van der Waals surface area contributed by atoms with E-state index in [0.29, 0.717) is 5.69 Å². The molecule has 0 spiro atoms. The number of carbonyl (C=O) groups is 1. The molecule has 20 heavy (non-hydrogen) atoms. The van der Waals surface area contributed by atoms with Crippen molar-refractivity contribution < 1.29 is 9.18 Å². The minimum atomic E-state index is -0.472. The van der Waals surface area contributed by atoms with Crippen LogP contribution in [0, 0.1) is 11.7 Å². The van der Waals surface area contributed by atoms with Gasteiger partial charge in [-0.1, -0.05) is 6.92 Å². The predicted octanol–water partition coefficient (Wildman–Crippen LogP) is 2.47. The molecule has 1 atom stereocenters. The van der Waals surface area contributed by atoms with Gasteiger partial charge in [0.25, 0.3) is 0 Å². The molecular weight excluding hydrogens is 257 g/mol. The molecule has 3 N–H and O–H groups in total. The van der Waals surface area contributed by atoms with Crippen LogP contribution in [0.25, 0.3) is 0 Å². The normalized spacial score (nSPS) is 16.2. The number of hydrogen-bond acceptors (Lipinski definition) is 3. The zero-order valence-electron chi connectivity index (χ0n) is 12.0. The van der Waals surface area contributed by atoms with Crippen molar-refractivity contribution in [2.45, 2.75) is 32.7 Å².